The molecule has 0 fully saturated rings. The number of carbonyl (C=O) groups is 11. The third kappa shape index (κ3) is 24.1. The van der Waals surface area contributed by atoms with E-state index in [4.69, 9.17) is 22.9 Å². The highest BCUT2D eigenvalue weighted by Gasteiger charge is 2.31. The normalized spacial score (nSPS) is 14.3. The zero-order chi connectivity index (χ0) is 53.2. The molecule has 0 radical (unpaired) electrons. The van der Waals surface area contributed by atoms with E-state index in [1.54, 1.807) is 58.0 Å². The number of benzene rings is 1. The Morgan fingerprint density at radius 3 is 1.61 bits per heavy atom. The molecular weight excluding hydrogens is 917 g/mol. The molecule has 8 atom stereocenters. The Hall–Kier alpha value is -7.38. The van der Waals surface area contributed by atoms with Crippen molar-refractivity contribution in [2.24, 2.45) is 39.8 Å². The van der Waals surface area contributed by atoms with Gasteiger partial charge in [-0.15, -0.1) is 0 Å². The van der Waals surface area contributed by atoms with Gasteiger partial charge in [-0.25, -0.2) is 4.79 Å². The number of nitrogens with one attached hydrogen (secondary N) is 9. The minimum atomic E-state index is -1.48. The van der Waals surface area contributed by atoms with Crippen LogP contribution in [0.5, 0.6) is 0 Å². The van der Waals surface area contributed by atoms with Crippen molar-refractivity contribution in [3.63, 3.8) is 0 Å². The molecular formula is C44H72N14O12. The van der Waals surface area contributed by atoms with Crippen LogP contribution in [0.1, 0.15) is 86.1 Å². The average molecular weight is 989 g/mol. The van der Waals surface area contributed by atoms with Crippen LogP contribution in [0.15, 0.2) is 35.3 Å². The van der Waals surface area contributed by atoms with Gasteiger partial charge in [0.25, 0.3) is 0 Å². The lowest BCUT2D eigenvalue weighted by atomic mass is 10.0. The number of primary amides is 1. The van der Waals surface area contributed by atoms with Gasteiger partial charge >= 0.3 is 5.97 Å². The molecule has 10 amide bonds. The molecule has 0 aromatic heterocycles. The van der Waals surface area contributed by atoms with Gasteiger partial charge in [0.15, 0.2) is 5.96 Å². The van der Waals surface area contributed by atoms with E-state index in [2.05, 4.69) is 52.8 Å². The van der Waals surface area contributed by atoms with Gasteiger partial charge in [0.05, 0.1) is 19.1 Å². The predicted molar refractivity (Wildman–Crippen MR) is 255 cm³/mol. The van der Waals surface area contributed by atoms with E-state index < -0.39 is 126 Å². The number of nitrogens with zero attached hydrogens (tertiary/aromatic N) is 1. The zero-order valence-electron chi connectivity index (χ0n) is 40.7. The number of rotatable bonds is 31. The standard InChI is InChI=1S/C44H72N14O12/c1-22(2)18-30(40(66)57-29(43(69)70)14-11-17-49-44(47)48)55-34(61)21-51-39(65)28(15-16-32(45)59)56-41(67)31(19-27-12-9-8-10-13-27)58-38(64)25(6)52-33(60)20-50-36(62)24(5)53-37(63)26(7)54-42(68)35(46)23(3)4/h8-10,12-13,22-26,28-31,35H,11,14-21,46H2,1-7H3,(H2,45,59)(H,50,62)(H,51,65)(H,52,60)(H,53,63)(H,54,68)(H,55,61)(H,56,67)(H,57,66)(H,58,64)(H,69,70)(H4,47,48,49)/t24-,25-,26-,28-,29-,30-,31-,35-/m0/s1. The van der Waals surface area contributed by atoms with E-state index in [0.717, 1.165) is 0 Å². The van der Waals surface area contributed by atoms with E-state index in [9.17, 15) is 57.8 Å². The highest BCUT2D eigenvalue weighted by molar-refractivity contribution is 5.97. The molecule has 0 aliphatic heterocycles. The smallest absolute Gasteiger partial charge is 0.326 e. The highest BCUT2D eigenvalue weighted by Crippen LogP contribution is 2.09. The summed E-state index contributed by atoms with van der Waals surface area (Å²) in [6.45, 7) is 9.86. The summed E-state index contributed by atoms with van der Waals surface area (Å²) < 4.78 is 0. The minimum absolute atomic E-state index is 0.0217. The maximum Gasteiger partial charge on any atom is 0.326 e. The van der Waals surface area contributed by atoms with Crippen molar-refractivity contribution < 1.29 is 57.8 Å². The summed E-state index contributed by atoms with van der Waals surface area (Å²) in [5.74, 6) is -9.78. The van der Waals surface area contributed by atoms with Crippen molar-refractivity contribution in [2.75, 3.05) is 19.6 Å². The number of hydrogen-bond donors (Lipinski definition) is 14. The van der Waals surface area contributed by atoms with Crippen LogP contribution < -0.4 is 70.8 Å². The van der Waals surface area contributed by atoms with Crippen molar-refractivity contribution >= 4 is 71.0 Å². The number of guanidine groups is 1. The van der Waals surface area contributed by atoms with E-state index in [-0.39, 0.29) is 62.9 Å². The van der Waals surface area contributed by atoms with Crippen molar-refractivity contribution in [1.82, 2.24) is 47.9 Å². The molecule has 390 valence electrons. The molecule has 1 rings (SSSR count). The molecule has 26 heteroatoms. The summed E-state index contributed by atoms with van der Waals surface area (Å²) in [5.41, 5.74) is 22.3. The molecule has 26 nitrogen and oxygen atoms in total. The number of carboxylic acid groups (broad SMARTS) is 1. The summed E-state index contributed by atoms with van der Waals surface area (Å²) in [6, 6.07) is -1.27. The Kier molecular flexibility index (Phi) is 26.8. The van der Waals surface area contributed by atoms with Gasteiger partial charge in [0.2, 0.25) is 59.1 Å². The van der Waals surface area contributed by atoms with Gasteiger partial charge in [-0.1, -0.05) is 58.0 Å². The Bertz CT molecular complexity index is 2010. The summed E-state index contributed by atoms with van der Waals surface area (Å²) >= 11 is 0. The summed E-state index contributed by atoms with van der Waals surface area (Å²) in [5, 5.41) is 31.6. The van der Waals surface area contributed by atoms with Crippen molar-refractivity contribution in [3.8, 4) is 0 Å². The lowest BCUT2D eigenvalue weighted by Crippen LogP contribution is -2.58. The number of amides is 10. The third-order valence-corrected chi connectivity index (χ3v) is 10.3. The monoisotopic (exact) mass is 989 g/mol. The number of nitrogens with two attached hydrogens (primary N) is 4. The van der Waals surface area contributed by atoms with Crippen LogP contribution in [0.3, 0.4) is 0 Å². The fourth-order valence-corrected chi connectivity index (χ4v) is 6.22. The third-order valence-electron chi connectivity index (χ3n) is 10.3. The zero-order valence-corrected chi connectivity index (χ0v) is 40.7. The Labute approximate surface area is 406 Å². The molecule has 1 aromatic carbocycles. The lowest BCUT2D eigenvalue weighted by Gasteiger charge is -2.25. The first kappa shape index (κ1) is 60.6. The van der Waals surface area contributed by atoms with Crippen LogP contribution in [0.2, 0.25) is 0 Å². The second kappa shape index (κ2) is 30.9. The molecule has 0 bridgehead atoms. The molecule has 0 spiro atoms. The largest absolute Gasteiger partial charge is 0.480 e. The number of carbonyl (C=O) groups excluding carboxylic acids is 10. The highest BCUT2D eigenvalue weighted by atomic mass is 16.4. The first-order valence-electron chi connectivity index (χ1n) is 22.7. The SMILES string of the molecule is CC(C)C[C@H](NC(=O)CNC(=O)[C@H](CCC(N)=O)NC(=O)[C@H](Cc1ccccc1)NC(=O)[C@H](C)NC(=O)CNC(=O)[C@H](C)NC(=O)[C@H](C)NC(=O)[C@@H](N)C(C)C)C(=O)N[C@@H](CCCN=C(N)N)C(=O)O. The van der Waals surface area contributed by atoms with Crippen molar-refractivity contribution in [3.05, 3.63) is 35.9 Å². The second-order valence-corrected chi connectivity index (χ2v) is 17.4. The molecule has 0 aliphatic rings. The van der Waals surface area contributed by atoms with Gasteiger partial charge in [0.1, 0.15) is 42.3 Å². The van der Waals surface area contributed by atoms with Crippen molar-refractivity contribution in [1.29, 1.82) is 0 Å². The van der Waals surface area contributed by atoms with E-state index >= 15 is 0 Å². The first-order chi connectivity index (χ1) is 32.7. The molecule has 0 saturated heterocycles. The maximum atomic E-state index is 13.9. The van der Waals surface area contributed by atoms with Crippen molar-refractivity contribution in [2.45, 2.75) is 135 Å². The van der Waals surface area contributed by atoms with Crippen LogP contribution >= 0.6 is 0 Å². The molecule has 1 aromatic rings. The van der Waals surface area contributed by atoms with Crippen LogP contribution in [0.4, 0.5) is 0 Å². The topological polar surface area (TPSA) is 433 Å². The Balaban J connectivity index is 3.04. The molecule has 0 unspecified atom stereocenters. The van der Waals surface area contributed by atoms with Gasteiger partial charge in [-0.2, -0.15) is 0 Å². The van der Waals surface area contributed by atoms with Gasteiger partial charge in [-0.05, 0) is 63.9 Å². The molecule has 0 aliphatic carbocycles. The van der Waals surface area contributed by atoms with E-state index in [0.29, 0.717) is 5.56 Å². The lowest BCUT2D eigenvalue weighted by molar-refractivity contribution is -0.142. The molecule has 0 heterocycles. The minimum Gasteiger partial charge on any atom is -0.480 e. The van der Waals surface area contributed by atoms with Crippen LogP contribution in [0, 0.1) is 11.8 Å². The van der Waals surface area contributed by atoms with E-state index in [1.807, 2.05) is 0 Å². The fourth-order valence-electron chi connectivity index (χ4n) is 6.22. The fraction of sp³-hybridized carbons (Fsp3) is 0.591. The van der Waals surface area contributed by atoms with Gasteiger partial charge < -0.3 is 75.9 Å². The van der Waals surface area contributed by atoms with E-state index in [1.165, 1.54) is 20.8 Å². The van der Waals surface area contributed by atoms with Crippen LogP contribution in [-0.2, 0) is 59.2 Å². The maximum absolute atomic E-state index is 13.9. The first-order valence-corrected chi connectivity index (χ1v) is 22.7. The predicted octanol–water partition coefficient (Wildman–Crippen LogP) is -4.65. The average Bonchev–Trinajstić information content (AvgIpc) is 3.28. The molecule has 70 heavy (non-hydrogen) atoms. The number of carboxylic acids is 1. The summed E-state index contributed by atoms with van der Waals surface area (Å²) in [7, 11) is 0. The Morgan fingerprint density at radius 1 is 0.557 bits per heavy atom. The quantitative estimate of drug-likeness (QED) is 0.0189. The molecule has 18 N–H and O–H groups in total. The number of hydrogen-bond acceptors (Lipinski definition) is 13. The second-order valence-electron chi connectivity index (χ2n) is 17.4. The number of aliphatic imine (C=N–C) groups is 1. The van der Waals surface area contributed by atoms with Crippen LogP contribution in [0.25, 0.3) is 0 Å². The van der Waals surface area contributed by atoms with Gasteiger partial charge in [0, 0.05) is 19.4 Å². The summed E-state index contributed by atoms with van der Waals surface area (Å²) in [6.07, 6.45) is -0.537. The summed E-state index contributed by atoms with van der Waals surface area (Å²) in [4.78, 5) is 145. The van der Waals surface area contributed by atoms with Gasteiger partial charge in [-0.3, -0.25) is 52.9 Å². The molecule has 0 saturated carbocycles. The Morgan fingerprint density at radius 2 is 1.06 bits per heavy atom. The van der Waals surface area contributed by atoms with Crippen LogP contribution in [-0.4, -0.2) is 144 Å². The number of aliphatic carboxylic acids is 1.